The highest BCUT2D eigenvalue weighted by Crippen LogP contribution is 2.26. The lowest BCUT2D eigenvalue weighted by Crippen LogP contribution is -2.01. The normalized spacial score (nSPS) is 10.3. The minimum atomic E-state index is 0.668. The van der Waals surface area contributed by atoms with Crippen LogP contribution in [0.25, 0.3) is 0 Å². The van der Waals surface area contributed by atoms with Gasteiger partial charge in [-0.25, -0.2) is 4.98 Å². The lowest BCUT2D eigenvalue weighted by molar-refractivity contribution is 1.27. The predicted molar refractivity (Wildman–Crippen MR) is 72.9 cm³/mol. The summed E-state index contributed by atoms with van der Waals surface area (Å²) in [5.41, 5.74) is 9.65. The van der Waals surface area contributed by atoms with E-state index in [1.54, 1.807) is 6.20 Å². The number of aromatic nitrogens is 1. The molecule has 0 bridgehead atoms. The van der Waals surface area contributed by atoms with Crippen LogP contribution >= 0.6 is 11.6 Å². The molecule has 2 aromatic rings. The number of hydrogen-bond acceptors (Lipinski definition) is 3. The molecule has 0 radical (unpaired) electrons. The van der Waals surface area contributed by atoms with E-state index in [1.165, 1.54) is 0 Å². The number of nitrogen functional groups attached to an aromatic ring is 1. The Morgan fingerprint density at radius 1 is 1.18 bits per heavy atom. The number of aryl methyl sites for hydroxylation is 2. The number of rotatable bonds is 2. The molecule has 1 aromatic carbocycles. The van der Waals surface area contributed by atoms with Crippen LogP contribution in [0.3, 0.4) is 0 Å². The minimum Gasteiger partial charge on any atom is -0.396 e. The van der Waals surface area contributed by atoms with Gasteiger partial charge in [0.25, 0.3) is 0 Å². The van der Waals surface area contributed by atoms with Crippen molar-refractivity contribution in [1.82, 2.24) is 4.98 Å². The second-order valence-corrected chi connectivity index (χ2v) is 4.41. The molecule has 0 amide bonds. The van der Waals surface area contributed by atoms with Crippen molar-refractivity contribution in [3.05, 3.63) is 46.6 Å². The largest absolute Gasteiger partial charge is 0.396 e. The first kappa shape index (κ1) is 11.7. The maximum Gasteiger partial charge on any atom is 0.153 e. The quantitative estimate of drug-likeness (QED) is 0.851. The van der Waals surface area contributed by atoms with Crippen LogP contribution in [0.15, 0.2) is 30.5 Å². The van der Waals surface area contributed by atoms with Crippen LogP contribution in [-0.2, 0) is 0 Å². The van der Waals surface area contributed by atoms with Gasteiger partial charge in [-0.05, 0) is 49.2 Å². The lowest BCUT2D eigenvalue weighted by atomic mass is 10.2. The fourth-order valence-corrected chi connectivity index (χ4v) is 1.79. The van der Waals surface area contributed by atoms with Gasteiger partial charge in [0.2, 0.25) is 0 Å². The van der Waals surface area contributed by atoms with E-state index >= 15 is 0 Å². The molecule has 0 spiro atoms. The first-order valence-electron chi connectivity index (χ1n) is 5.32. The number of nitrogens with one attached hydrogen (secondary N) is 1. The van der Waals surface area contributed by atoms with Gasteiger partial charge in [-0.2, -0.15) is 0 Å². The number of nitrogens with zero attached hydrogens (tertiary/aromatic N) is 1. The SMILES string of the molecule is Cc1cc(Cl)ccc1Nc1nccc(C)c1N. The smallest absolute Gasteiger partial charge is 0.153 e. The maximum atomic E-state index is 5.96. The molecule has 1 heterocycles. The number of nitrogens with two attached hydrogens (primary N) is 1. The Labute approximate surface area is 106 Å². The Bertz CT molecular complexity index is 552. The third kappa shape index (κ3) is 2.50. The molecule has 0 unspecified atom stereocenters. The number of pyridine rings is 1. The van der Waals surface area contributed by atoms with E-state index in [9.17, 15) is 0 Å². The fourth-order valence-electron chi connectivity index (χ4n) is 1.56. The molecule has 0 saturated heterocycles. The zero-order chi connectivity index (χ0) is 12.4. The Morgan fingerprint density at radius 2 is 1.94 bits per heavy atom. The number of halogens is 1. The van der Waals surface area contributed by atoms with E-state index in [1.807, 2.05) is 38.1 Å². The average molecular weight is 248 g/mol. The first-order valence-corrected chi connectivity index (χ1v) is 5.70. The van der Waals surface area contributed by atoms with E-state index in [2.05, 4.69) is 10.3 Å². The highest BCUT2D eigenvalue weighted by Gasteiger charge is 2.05. The van der Waals surface area contributed by atoms with Crippen molar-refractivity contribution in [1.29, 1.82) is 0 Å². The van der Waals surface area contributed by atoms with Crippen molar-refractivity contribution < 1.29 is 0 Å². The van der Waals surface area contributed by atoms with E-state index < -0.39 is 0 Å². The highest BCUT2D eigenvalue weighted by atomic mass is 35.5. The van der Waals surface area contributed by atoms with Gasteiger partial charge in [0.15, 0.2) is 5.82 Å². The molecule has 1 aromatic heterocycles. The molecular formula is C13H14ClN3. The van der Waals surface area contributed by atoms with Gasteiger partial charge in [0.1, 0.15) is 0 Å². The van der Waals surface area contributed by atoms with Crippen LogP contribution in [0.4, 0.5) is 17.2 Å². The summed E-state index contributed by atoms with van der Waals surface area (Å²) < 4.78 is 0. The van der Waals surface area contributed by atoms with Crippen molar-refractivity contribution in [2.75, 3.05) is 11.1 Å². The van der Waals surface area contributed by atoms with Crippen molar-refractivity contribution >= 4 is 28.8 Å². The third-order valence-electron chi connectivity index (χ3n) is 2.65. The molecule has 3 nitrogen and oxygen atoms in total. The van der Waals surface area contributed by atoms with Gasteiger partial charge < -0.3 is 11.1 Å². The fraction of sp³-hybridized carbons (Fsp3) is 0.154. The summed E-state index contributed by atoms with van der Waals surface area (Å²) in [7, 11) is 0. The van der Waals surface area contributed by atoms with Crippen LogP contribution in [0, 0.1) is 13.8 Å². The van der Waals surface area contributed by atoms with Crippen molar-refractivity contribution in [3.63, 3.8) is 0 Å². The topological polar surface area (TPSA) is 50.9 Å². The maximum absolute atomic E-state index is 5.96. The Morgan fingerprint density at radius 3 is 2.65 bits per heavy atom. The molecular weight excluding hydrogens is 234 g/mol. The third-order valence-corrected chi connectivity index (χ3v) is 2.88. The van der Waals surface area contributed by atoms with Crippen LogP contribution < -0.4 is 11.1 Å². The summed E-state index contributed by atoms with van der Waals surface area (Å²) in [6, 6.07) is 7.54. The lowest BCUT2D eigenvalue weighted by Gasteiger charge is -2.12. The van der Waals surface area contributed by atoms with Gasteiger partial charge in [-0.15, -0.1) is 0 Å². The number of hydrogen-bond donors (Lipinski definition) is 2. The van der Waals surface area contributed by atoms with E-state index in [0.717, 1.165) is 21.8 Å². The highest BCUT2D eigenvalue weighted by molar-refractivity contribution is 6.30. The Kier molecular flexibility index (Phi) is 3.20. The average Bonchev–Trinajstić information content (AvgIpc) is 2.28. The molecule has 0 fully saturated rings. The van der Waals surface area contributed by atoms with Gasteiger partial charge in [0, 0.05) is 16.9 Å². The molecule has 0 aliphatic carbocycles. The molecule has 4 heteroatoms. The molecule has 0 aliphatic heterocycles. The Balaban J connectivity index is 2.35. The van der Waals surface area contributed by atoms with Crippen LogP contribution in [0.1, 0.15) is 11.1 Å². The summed E-state index contributed by atoms with van der Waals surface area (Å²) in [5, 5.41) is 3.93. The van der Waals surface area contributed by atoms with Gasteiger partial charge >= 0.3 is 0 Å². The molecule has 0 aliphatic rings. The first-order chi connectivity index (χ1) is 8.08. The van der Waals surface area contributed by atoms with Crippen molar-refractivity contribution in [2.24, 2.45) is 0 Å². The standard InChI is InChI=1S/C13H14ClN3/c1-8-5-6-16-13(12(8)15)17-11-4-3-10(14)7-9(11)2/h3-7H,15H2,1-2H3,(H,16,17). The molecule has 2 rings (SSSR count). The zero-order valence-corrected chi connectivity index (χ0v) is 10.5. The molecule has 0 atom stereocenters. The second kappa shape index (κ2) is 4.63. The summed E-state index contributed by atoms with van der Waals surface area (Å²) in [6.45, 7) is 3.94. The van der Waals surface area contributed by atoms with Gasteiger partial charge in [0.05, 0.1) is 5.69 Å². The van der Waals surface area contributed by atoms with Gasteiger partial charge in [-0.1, -0.05) is 11.6 Å². The summed E-state index contributed by atoms with van der Waals surface area (Å²) in [5.74, 6) is 0.676. The monoisotopic (exact) mass is 247 g/mol. The molecule has 3 N–H and O–H groups in total. The second-order valence-electron chi connectivity index (χ2n) is 3.97. The molecule has 0 saturated carbocycles. The predicted octanol–water partition coefficient (Wildman–Crippen LogP) is 3.68. The minimum absolute atomic E-state index is 0.668. The summed E-state index contributed by atoms with van der Waals surface area (Å²) in [6.07, 6.45) is 1.74. The number of anilines is 3. The summed E-state index contributed by atoms with van der Waals surface area (Å²) in [4.78, 5) is 4.23. The molecule has 17 heavy (non-hydrogen) atoms. The van der Waals surface area contributed by atoms with Crippen LogP contribution in [0.2, 0.25) is 5.02 Å². The van der Waals surface area contributed by atoms with Gasteiger partial charge in [-0.3, -0.25) is 0 Å². The zero-order valence-electron chi connectivity index (χ0n) is 9.79. The number of benzene rings is 1. The van der Waals surface area contributed by atoms with E-state index in [0.29, 0.717) is 11.5 Å². The summed E-state index contributed by atoms with van der Waals surface area (Å²) >= 11 is 5.91. The van der Waals surface area contributed by atoms with Crippen molar-refractivity contribution in [2.45, 2.75) is 13.8 Å². The van der Waals surface area contributed by atoms with Crippen molar-refractivity contribution in [3.8, 4) is 0 Å². The van der Waals surface area contributed by atoms with Crippen LogP contribution in [-0.4, -0.2) is 4.98 Å². The molecule has 88 valence electrons. The van der Waals surface area contributed by atoms with Crippen LogP contribution in [0.5, 0.6) is 0 Å². The van der Waals surface area contributed by atoms with E-state index in [4.69, 9.17) is 17.3 Å². The van der Waals surface area contributed by atoms with E-state index in [-0.39, 0.29) is 0 Å². The Hall–Kier alpha value is -1.74.